The average molecular weight is 330 g/mol. The summed E-state index contributed by atoms with van der Waals surface area (Å²) in [5.74, 6) is 0.709. The maximum Gasteiger partial charge on any atom is 0.0767 e. The van der Waals surface area contributed by atoms with Crippen LogP contribution >= 0.6 is 15.9 Å². The first-order valence-electron chi connectivity index (χ1n) is 7.20. The van der Waals surface area contributed by atoms with Crippen LogP contribution in [0, 0.1) is 5.92 Å². The molecule has 19 heavy (non-hydrogen) atoms. The van der Waals surface area contributed by atoms with Gasteiger partial charge in [0.05, 0.1) is 22.0 Å². The second kappa shape index (κ2) is 6.86. The predicted octanol–water partition coefficient (Wildman–Crippen LogP) is 2.39. The molecule has 0 amide bonds. The first kappa shape index (κ1) is 15.0. The number of halogens is 1. The Bertz CT molecular complexity index is 411. The summed E-state index contributed by atoms with van der Waals surface area (Å²) in [7, 11) is 2.00. The fourth-order valence-corrected chi connectivity index (χ4v) is 3.51. The molecule has 1 fully saturated rings. The second-order valence-corrected chi connectivity index (χ2v) is 6.28. The van der Waals surface area contributed by atoms with Crippen LogP contribution in [0.2, 0.25) is 0 Å². The van der Waals surface area contributed by atoms with E-state index in [0.717, 1.165) is 55.4 Å². The summed E-state index contributed by atoms with van der Waals surface area (Å²) in [5, 5.41) is 17.5. The molecule has 0 saturated heterocycles. The van der Waals surface area contributed by atoms with Crippen LogP contribution < -0.4 is 5.32 Å². The summed E-state index contributed by atoms with van der Waals surface area (Å²) in [5.41, 5.74) is 2.34. The monoisotopic (exact) mass is 329 g/mol. The Balaban J connectivity index is 1.81. The third-order valence-electron chi connectivity index (χ3n) is 4.04. The molecule has 2 N–H and O–H groups in total. The molecule has 0 bridgehead atoms. The van der Waals surface area contributed by atoms with Gasteiger partial charge in [-0.3, -0.25) is 4.68 Å². The van der Waals surface area contributed by atoms with Gasteiger partial charge in [0.2, 0.25) is 0 Å². The smallest absolute Gasteiger partial charge is 0.0767 e. The standard InChI is InChI=1S/C14H24BrN3O/c1-3-12-14(15)13(18(2)17-12)9-16-8-10-4-6-11(19)7-5-10/h10-11,16,19H,3-9H2,1-2H3. The molecule has 0 atom stereocenters. The van der Waals surface area contributed by atoms with Crippen molar-refractivity contribution in [3.63, 3.8) is 0 Å². The van der Waals surface area contributed by atoms with Crippen molar-refractivity contribution in [1.29, 1.82) is 0 Å². The molecule has 0 spiro atoms. The number of hydrogen-bond donors (Lipinski definition) is 2. The lowest BCUT2D eigenvalue weighted by molar-refractivity contribution is 0.108. The summed E-state index contributed by atoms with van der Waals surface area (Å²) in [6.07, 6.45) is 5.09. The first-order valence-corrected chi connectivity index (χ1v) is 8.00. The highest BCUT2D eigenvalue weighted by Crippen LogP contribution is 2.24. The van der Waals surface area contributed by atoms with E-state index in [1.807, 2.05) is 11.7 Å². The first-order chi connectivity index (χ1) is 9.11. The van der Waals surface area contributed by atoms with Crippen LogP contribution in [0.1, 0.15) is 44.0 Å². The molecule has 1 aliphatic carbocycles. The molecule has 1 saturated carbocycles. The highest BCUT2D eigenvalue weighted by atomic mass is 79.9. The van der Waals surface area contributed by atoms with Gasteiger partial charge in [-0.2, -0.15) is 5.10 Å². The topological polar surface area (TPSA) is 50.1 Å². The molecule has 0 unspecified atom stereocenters. The molecule has 1 heterocycles. The molecule has 1 aromatic heterocycles. The van der Waals surface area contributed by atoms with Gasteiger partial charge in [-0.1, -0.05) is 6.92 Å². The third-order valence-corrected chi connectivity index (χ3v) is 4.96. The Morgan fingerprint density at radius 2 is 2.05 bits per heavy atom. The zero-order chi connectivity index (χ0) is 13.8. The molecular formula is C14H24BrN3O. The van der Waals surface area contributed by atoms with Gasteiger partial charge in [-0.25, -0.2) is 0 Å². The number of aromatic nitrogens is 2. The van der Waals surface area contributed by atoms with E-state index in [-0.39, 0.29) is 6.10 Å². The van der Waals surface area contributed by atoms with E-state index in [1.165, 1.54) is 5.69 Å². The van der Waals surface area contributed by atoms with Crippen molar-refractivity contribution in [2.45, 2.75) is 51.7 Å². The molecule has 2 rings (SSSR count). The van der Waals surface area contributed by atoms with Gasteiger partial charge in [0.15, 0.2) is 0 Å². The van der Waals surface area contributed by atoms with Gasteiger partial charge in [0.25, 0.3) is 0 Å². The number of nitrogens with one attached hydrogen (secondary N) is 1. The lowest BCUT2D eigenvalue weighted by Crippen LogP contribution is -2.28. The van der Waals surface area contributed by atoms with Crippen molar-refractivity contribution in [3.8, 4) is 0 Å². The summed E-state index contributed by atoms with van der Waals surface area (Å²) < 4.78 is 3.10. The van der Waals surface area contributed by atoms with Crippen molar-refractivity contribution >= 4 is 15.9 Å². The highest BCUT2D eigenvalue weighted by Gasteiger charge is 2.19. The van der Waals surface area contributed by atoms with Crippen LogP contribution in [0.3, 0.4) is 0 Å². The van der Waals surface area contributed by atoms with E-state index in [2.05, 4.69) is 33.3 Å². The lowest BCUT2D eigenvalue weighted by atomic mass is 9.87. The maximum atomic E-state index is 9.49. The maximum absolute atomic E-state index is 9.49. The molecule has 1 aliphatic rings. The molecule has 0 radical (unpaired) electrons. The quantitative estimate of drug-likeness (QED) is 0.872. The largest absolute Gasteiger partial charge is 0.393 e. The number of nitrogens with zero attached hydrogens (tertiary/aromatic N) is 2. The SMILES string of the molecule is CCc1nn(C)c(CNCC2CCC(O)CC2)c1Br. The van der Waals surface area contributed by atoms with Crippen LogP contribution in [0.5, 0.6) is 0 Å². The predicted molar refractivity (Wildman–Crippen MR) is 80.0 cm³/mol. The van der Waals surface area contributed by atoms with Crippen molar-refractivity contribution in [2.75, 3.05) is 6.54 Å². The summed E-state index contributed by atoms with van der Waals surface area (Å²) >= 11 is 3.64. The van der Waals surface area contributed by atoms with Gasteiger partial charge in [0.1, 0.15) is 0 Å². The van der Waals surface area contributed by atoms with E-state index in [1.54, 1.807) is 0 Å². The van der Waals surface area contributed by atoms with Gasteiger partial charge in [-0.15, -0.1) is 0 Å². The molecule has 108 valence electrons. The molecule has 0 aromatic carbocycles. The molecule has 5 heteroatoms. The summed E-state index contributed by atoms with van der Waals surface area (Å²) in [4.78, 5) is 0. The van der Waals surface area contributed by atoms with Crippen LogP contribution in [0.15, 0.2) is 4.47 Å². The van der Waals surface area contributed by atoms with Crippen molar-refractivity contribution in [2.24, 2.45) is 13.0 Å². The van der Waals surface area contributed by atoms with Crippen LogP contribution in [-0.2, 0) is 20.0 Å². The lowest BCUT2D eigenvalue weighted by Gasteiger charge is -2.25. The van der Waals surface area contributed by atoms with Crippen molar-refractivity contribution in [1.82, 2.24) is 15.1 Å². The number of aliphatic hydroxyl groups is 1. The Kier molecular flexibility index (Phi) is 5.42. The Labute approximate surface area is 123 Å². The van der Waals surface area contributed by atoms with Gasteiger partial charge in [0, 0.05) is 13.6 Å². The Morgan fingerprint density at radius 1 is 1.37 bits per heavy atom. The molecular weight excluding hydrogens is 306 g/mol. The van der Waals surface area contributed by atoms with E-state index in [0.29, 0.717) is 5.92 Å². The minimum Gasteiger partial charge on any atom is -0.393 e. The number of hydrogen-bond acceptors (Lipinski definition) is 3. The fourth-order valence-electron chi connectivity index (χ4n) is 2.76. The minimum absolute atomic E-state index is 0.0606. The normalized spacial score (nSPS) is 23.8. The number of rotatable bonds is 5. The molecule has 4 nitrogen and oxygen atoms in total. The molecule has 1 aromatic rings. The zero-order valence-electron chi connectivity index (χ0n) is 11.8. The number of aliphatic hydroxyl groups excluding tert-OH is 1. The van der Waals surface area contributed by atoms with Gasteiger partial charge in [-0.05, 0) is 60.5 Å². The Morgan fingerprint density at radius 3 is 2.63 bits per heavy atom. The average Bonchev–Trinajstić information content (AvgIpc) is 2.68. The van der Waals surface area contributed by atoms with Gasteiger partial charge < -0.3 is 10.4 Å². The minimum atomic E-state index is -0.0606. The van der Waals surface area contributed by atoms with Crippen LogP contribution in [-0.4, -0.2) is 27.5 Å². The van der Waals surface area contributed by atoms with Crippen molar-refractivity contribution in [3.05, 3.63) is 15.9 Å². The molecule has 0 aliphatic heterocycles. The highest BCUT2D eigenvalue weighted by molar-refractivity contribution is 9.10. The van der Waals surface area contributed by atoms with E-state index < -0.39 is 0 Å². The second-order valence-electron chi connectivity index (χ2n) is 5.49. The number of aryl methyl sites for hydroxylation is 2. The third kappa shape index (κ3) is 3.80. The Hall–Kier alpha value is -0.390. The van der Waals surface area contributed by atoms with Crippen molar-refractivity contribution < 1.29 is 5.11 Å². The van der Waals surface area contributed by atoms with Crippen LogP contribution in [0.4, 0.5) is 0 Å². The van der Waals surface area contributed by atoms with Gasteiger partial charge >= 0.3 is 0 Å². The summed E-state index contributed by atoms with van der Waals surface area (Å²) in [6, 6.07) is 0. The van der Waals surface area contributed by atoms with E-state index in [4.69, 9.17) is 0 Å². The fraction of sp³-hybridized carbons (Fsp3) is 0.786. The summed E-state index contributed by atoms with van der Waals surface area (Å²) in [6.45, 7) is 4.01. The zero-order valence-corrected chi connectivity index (χ0v) is 13.4. The van der Waals surface area contributed by atoms with E-state index in [9.17, 15) is 5.11 Å². The van der Waals surface area contributed by atoms with E-state index >= 15 is 0 Å². The van der Waals surface area contributed by atoms with Crippen LogP contribution in [0.25, 0.3) is 0 Å².